The van der Waals surface area contributed by atoms with Crippen LogP contribution in [0.15, 0.2) is 4.99 Å². The molecule has 0 saturated carbocycles. The van der Waals surface area contributed by atoms with Crippen LogP contribution in [-0.2, 0) is 9.47 Å². The van der Waals surface area contributed by atoms with Crippen LogP contribution >= 0.6 is 24.0 Å². The van der Waals surface area contributed by atoms with Gasteiger partial charge in [-0.25, -0.2) is 0 Å². The monoisotopic (exact) mass is 442 g/mol. The number of halogens is 1. The third-order valence-electron chi connectivity index (χ3n) is 3.75. The first-order valence-corrected chi connectivity index (χ1v) is 8.56. The van der Waals surface area contributed by atoms with Crippen molar-refractivity contribution in [3.8, 4) is 0 Å². The molecule has 6 nitrogen and oxygen atoms in total. The summed E-state index contributed by atoms with van der Waals surface area (Å²) in [6.07, 6.45) is 2.09. The van der Waals surface area contributed by atoms with E-state index in [0.29, 0.717) is 17.9 Å². The molecule has 1 rings (SSSR count). The molecule has 0 radical (unpaired) electrons. The number of nitrogens with two attached hydrogens (primary N) is 1. The Morgan fingerprint density at radius 1 is 1.35 bits per heavy atom. The molecule has 0 aromatic carbocycles. The molecular weight excluding hydrogens is 407 g/mol. The molecule has 138 valence electrons. The van der Waals surface area contributed by atoms with Crippen LogP contribution < -0.4 is 11.1 Å². The third-order valence-corrected chi connectivity index (χ3v) is 3.75. The Morgan fingerprint density at radius 2 is 2.04 bits per heavy atom. The zero-order valence-corrected chi connectivity index (χ0v) is 17.3. The highest BCUT2D eigenvalue weighted by atomic mass is 127. The number of ether oxygens (including phenoxy) is 2. The fraction of sp³-hybridized carbons (Fsp3) is 0.938. The first kappa shape index (κ1) is 22.9. The Balaban J connectivity index is 0.00000484. The lowest BCUT2D eigenvalue weighted by Crippen LogP contribution is -2.46. The minimum atomic E-state index is 0. The molecule has 1 aliphatic rings. The number of nitrogens with one attached hydrogen (secondary N) is 1. The number of guanidine groups is 1. The van der Waals surface area contributed by atoms with E-state index in [1.165, 1.54) is 0 Å². The van der Waals surface area contributed by atoms with Crippen molar-refractivity contribution in [2.75, 3.05) is 52.6 Å². The molecule has 1 fully saturated rings. The first-order valence-electron chi connectivity index (χ1n) is 8.56. The summed E-state index contributed by atoms with van der Waals surface area (Å²) >= 11 is 0. The van der Waals surface area contributed by atoms with Crippen molar-refractivity contribution < 1.29 is 9.47 Å². The summed E-state index contributed by atoms with van der Waals surface area (Å²) in [4.78, 5) is 7.01. The molecule has 3 N–H and O–H groups in total. The Bertz CT molecular complexity index is 310. The second kappa shape index (κ2) is 14.2. The van der Waals surface area contributed by atoms with E-state index in [0.717, 1.165) is 65.4 Å². The zero-order valence-electron chi connectivity index (χ0n) is 14.9. The highest BCUT2D eigenvalue weighted by Crippen LogP contribution is 2.13. The van der Waals surface area contributed by atoms with Crippen molar-refractivity contribution >= 4 is 29.9 Å². The quantitative estimate of drug-likeness (QED) is 0.233. The van der Waals surface area contributed by atoms with E-state index in [2.05, 4.69) is 29.1 Å². The van der Waals surface area contributed by atoms with Crippen LogP contribution in [0.2, 0.25) is 0 Å². The standard InChI is InChI=1S/C16H34N4O2.HI/c1-4-21-9-5-6-18-16(17)19-13-15(12-14(2)3)20-7-10-22-11-8-20;/h14-15H,4-13H2,1-3H3,(H3,17,18,19);1H. The van der Waals surface area contributed by atoms with Gasteiger partial charge in [-0.15, -0.1) is 24.0 Å². The number of hydrogen-bond donors (Lipinski definition) is 2. The predicted octanol–water partition coefficient (Wildman–Crippen LogP) is 1.68. The SMILES string of the molecule is CCOCCCNC(N)=NCC(CC(C)C)N1CCOCC1.I. The van der Waals surface area contributed by atoms with Crippen molar-refractivity contribution in [1.29, 1.82) is 0 Å². The summed E-state index contributed by atoms with van der Waals surface area (Å²) in [5.41, 5.74) is 5.95. The summed E-state index contributed by atoms with van der Waals surface area (Å²) in [5, 5.41) is 3.16. The highest BCUT2D eigenvalue weighted by molar-refractivity contribution is 14.0. The van der Waals surface area contributed by atoms with E-state index in [9.17, 15) is 0 Å². The summed E-state index contributed by atoms with van der Waals surface area (Å²) in [6.45, 7) is 13.2. The van der Waals surface area contributed by atoms with Gasteiger partial charge in [0.25, 0.3) is 0 Å². The van der Waals surface area contributed by atoms with Crippen molar-refractivity contribution in [2.45, 2.75) is 39.7 Å². The number of nitrogens with zero attached hydrogens (tertiary/aromatic N) is 2. The lowest BCUT2D eigenvalue weighted by molar-refractivity contribution is 0.0143. The number of morpholine rings is 1. The molecule has 1 unspecified atom stereocenters. The lowest BCUT2D eigenvalue weighted by atomic mass is 10.0. The lowest BCUT2D eigenvalue weighted by Gasteiger charge is -2.34. The maximum Gasteiger partial charge on any atom is 0.188 e. The van der Waals surface area contributed by atoms with Crippen LogP contribution in [0, 0.1) is 5.92 Å². The summed E-state index contributed by atoms with van der Waals surface area (Å²) < 4.78 is 10.7. The maximum absolute atomic E-state index is 5.95. The number of hydrogen-bond acceptors (Lipinski definition) is 4. The van der Waals surface area contributed by atoms with Crippen LogP contribution in [0.4, 0.5) is 0 Å². The van der Waals surface area contributed by atoms with Crippen LogP contribution in [-0.4, -0.2) is 69.5 Å². The van der Waals surface area contributed by atoms with Gasteiger partial charge in [-0.1, -0.05) is 13.8 Å². The van der Waals surface area contributed by atoms with Crippen molar-refractivity contribution in [1.82, 2.24) is 10.2 Å². The smallest absolute Gasteiger partial charge is 0.188 e. The van der Waals surface area contributed by atoms with Crippen molar-refractivity contribution in [3.63, 3.8) is 0 Å². The molecule has 0 aromatic heterocycles. The summed E-state index contributed by atoms with van der Waals surface area (Å²) in [5.74, 6) is 1.20. The van der Waals surface area contributed by atoms with Gasteiger partial charge in [0.2, 0.25) is 0 Å². The minimum Gasteiger partial charge on any atom is -0.382 e. The van der Waals surface area contributed by atoms with Crippen molar-refractivity contribution in [3.05, 3.63) is 0 Å². The van der Waals surface area contributed by atoms with Gasteiger partial charge in [0.05, 0.1) is 19.8 Å². The Hall–Kier alpha value is -0.120. The fourth-order valence-corrected chi connectivity index (χ4v) is 2.62. The molecule has 1 atom stereocenters. The first-order chi connectivity index (χ1) is 10.6. The van der Waals surface area contributed by atoms with Gasteiger partial charge >= 0.3 is 0 Å². The normalized spacial score (nSPS) is 17.8. The Morgan fingerprint density at radius 3 is 2.65 bits per heavy atom. The molecule has 1 aliphatic heterocycles. The second-order valence-corrected chi connectivity index (χ2v) is 6.13. The maximum atomic E-state index is 5.95. The zero-order chi connectivity index (χ0) is 16.2. The number of rotatable bonds is 10. The van der Waals surface area contributed by atoms with Gasteiger partial charge in [0, 0.05) is 38.9 Å². The summed E-state index contributed by atoms with van der Waals surface area (Å²) in [6, 6.07) is 0.452. The predicted molar refractivity (Wildman–Crippen MR) is 107 cm³/mol. The van der Waals surface area contributed by atoms with Gasteiger partial charge in [-0.3, -0.25) is 9.89 Å². The van der Waals surface area contributed by atoms with Gasteiger partial charge < -0.3 is 20.5 Å². The van der Waals surface area contributed by atoms with Crippen molar-refractivity contribution in [2.24, 2.45) is 16.6 Å². The Kier molecular flexibility index (Phi) is 14.2. The molecule has 7 heteroatoms. The highest BCUT2D eigenvalue weighted by Gasteiger charge is 2.21. The topological polar surface area (TPSA) is 72.1 Å². The molecule has 1 heterocycles. The van der Waals surface area contributed by atoms with E-state index in [1.54, 1.807) is 0 Å². The average Bonchev–Trinajstić information content (AvgIpc) is 2.51. The van der Waals surface area contributed by atoms with E-state index in [4.69, 9.17) is 15.2 Å². The van der Waals surface area contributed by atoms with Crippen LogP contribution in [0.1, 0.15) is 33.6 Å². The summed E-state index contributed by atoms with van der Waals surface area (Å²) in [7, 11) is 0. The average molecular weight is 442 g/mol. The molecule has 0 aromatic rings. The molecule has 0 amide bonds. The van der Waals surface area contributed by atoms with Gasteiger partial charge in [0.15, 0.2) is 5.96 Å². The largest absolute Gasteiger partial charge is 0.382 e. The molecule has 0 spiro atoms. The van der Waals surface area contributed by atoms with Crippen LogP contribution in [0.25, 0.3) is 0 Å². The van der Waals surface area contributed by atoms with Gasteiger partial charge in [-0.2, -0.15) is 0 Å². The molecule has 0 aliphatic carbocycles. The number of aliphatic imine (C=N–C) groups is 1. The van der Waals surface area contributed by atoms with Gasteiger partial charge in [-0.05, 0) is 25.7 Å². The van der Waals surface area contributed by atoms with E-state index in [-0.39, 0.29) is 24.0 Å². The van der Waals surface area contributed by atoms with Gasteiger partial charge in [0.1, 0.15) is 0 Å². The van der Waals surface area contributed by atoms with Crippen LogP contribution in [0.5, 0.6) is 0 Å². The molecule has 1 saturated heterocycles. The fourth-order valence-electron chi connectivity index (χ4n) is 2.62. The van der Waals surface area contributed by atoms with E-state index in [1.807, 2.05) is 6.92 Å². The van der Waals surface area contributed by atoms with E-state index >= 15 is 0 Å². The van der Waals surface area contributed by atoms with E-state index < -0.39 is 0 Å². The van der Waals surface area contributed by atoms with Crippen LogP contribution in [0.3, 0.4) is 0 Å². The molecular formula is C16H35IN4O2. The third kappa shape index (κ3) is 11.1. The molecule has 23 heavy (non-hydrogen) atoms. The molecule has 0 bridgehead atoms. The minimum absolute atomic E-state index is 0. The second-order valence-electron chi connectivity index (χ2n) is 6.13. The Labute approximate surface area is 158 Å².